The third-order valence-electron chi connectivity index (χ3n) is 12.9. The van der Waals surface area contributed by atoms with Crippen LogP contribution in [0.4, 0.5) is 34.1 Å². The minimum Gasteiger partial charge on any atom is -0.311 e. The summed E-state index contributed by atoms with van der Waals surface area (Å²) in [5, 5.41) is 7.57. The molecule has 2 aliphatic rings. The van der Waals surface area contributed by atoms with Gasteiger partial charge in [0.25, 0.3) is 6.71 Å². The van der Waals surface area contributed by atoms with Gasteiger partial charge in [0, 0.05) is 50.6 Å². The van der Waals surface area contributed by atoms with Gasteiger partial charge < -0.3 is 14.4 Å². The third-order valence-corrected chi connectivity index (χ3v) is 12.9. The molecule has 3 heterocycles. The maximum atomic E-state index is 2.53. The van der Waals surface area contributed by atoms with E-state index in [0.717, 1.165) is 17.1 Å². The number of aromatic nitrogens is 1. The zero-order valence-electron chi connectivity index (χ0n) is 32.7. The standard InChI is InChI=1S/C56H36BN3/c1-4-18-41(19-5-1)58-48-27-15-14-26-46(48)47-31-28-39(34-51(47)58)40-35-52-56-53(36-40)60(43-22-8-3-9-23-43)50-33-30-38-17-11-13-25-45(38)55(50)57(56)54-44-24-12-10-16-37(44)29-32-49(54)59(52)42-20-6-2-7-21-42/h1-36H. The summed E-state index contributed by atoms with van der Waals surface area (Å²) >= 11 is 0. The molecule has 0 fully saturated rings. The zero-order valence-corrected chi connectivity index (χ0v) is 32.7. The first kappa shape index (κ1) is 33.2. The normalized spacial score (nSPS) is 12.9. The summed E-state index contributed by atoms with van der Waals surface area (Å²) < 4.78 is 2.42. The van der Waals surface area contributed by atoms with E-state index in [2.05, 4.69) is 233 Å². The van der Waals surface area contributed by atoms with Crippen LogP contribution in [0.3, 0.4) is 0 Å². The molecule has 0 aliphatic carbocycles. The van der Waals surface area contributed by atoms with E-state index in [1.807, 2.05) is 0 Å². The van der Waals surface area contributed by atoms with Crippen LogP contribution >= 0.6 is 0 Å². The second kappa shape index (κ2) is 12.8. The van der Waals surface area contributed by atoms with Gasteiger partial charge in [0.1, 0.15) is 0 Å². The lowest BCUT2D eigenvalue weighted by Crippen LogP contribution is -2.61. The smallest absolute Gasteiger partial charge is 0.253 e. The quantitative estimate of drug-likeness (QED) is 0.166. The highest BCUT2D eigenvalue weighted by Crippen LogP contribution is 2.48. The minimum atomic E-state index is -0.0192. The molecule has 13 rings (SSSR count). The predicted molar refractivity (Wildman–Crippen MR) is 255 cm³/mol. The van der Waals surface area contributed by atoms with Crippen molar-refractivity contribution in [3.8, 4) is 16.8 Å². The minimum absolute atomic E-state index is 0.0192. The van der Waals surface area contributed by atoms with Crippen LogP contribution in [0.2, 0.25) is 0 Å². The number of fused-ring (bicyclic) bond motifs is 11. The van der Waals surface area contributed by atoms with Crippen molar-refractivity contribution >= 4 is 101 Å². The van der Waals surface area contributed by atoms with Crippen molar-refractivity contribution in [3.05, 3.63) is 218 Å². The monoisotopic (exact) mass is 761 g/mol. The van der Waals surface area contributed by atoms with Crippen molar-refractivity contribution in [2.75, 3.05) is 9.80 Å². The first-order chi connectivity index (χ1) is 29.8. The molecule has 2 aliphatic heterocycles. The number of nitrogens with zero attached hydrogens (tertiary/aromatic N) is 3. The van der Waals surface area contributed by atoms with Crippen molar-refractivity contribution in [2.24, 2.45) is 0 Å². The van der Waals surface area contributed by atoms with E-state index in [1.54, 1.807) is 0 Å². The Morgan fingerprint density at radius 1 is 0.283 bits per heavy atom. The van der Waals surface area contributed by atoms with Gasteiger partial charge in [-0.25, -0.2) is 0 Å². The molecule has 278 valence electrons. The summed E-state index contributed by atoms with van der Waals surface area (Å²) in [5.41, 5.74) is 17.0. The van der Waals surface area contributed by atoms with E-state index in [-0.39, 0.29) is 6.71 Å². The van der Waals surface area contributed by atoms with Crippen LogP contribution in [0.25, 0.3) is 60.2 Å². The molecule has 0 saturated carbocycles. The summed E-state index contributed by atoms with van der Waals surface area (Å²) in [5.74, 6) is 0. The molecule has 4 heteroatoms. The molecular formula is C56H36BN3. The van der Waals surface area contributed by atoms with E-state index >= 15 is 0 Å². The number of hydrogen-bond donors (Lipinski definition) is 0. The Morgan fingerprint density at radius 2 is 0.750 bits per heavy atom. The molecule has 0 amide bonds. The Balaban J connectivity index is 1.17. The maximum absolute atomic E-state index is 2.53. The van der Waals surface area contributed by atoms with Gasteiger partial charge in [0.15, 0.2) is 0 Å². The molecule has 0 atom stereocenters. The van der Waals surface area contributed by atoms with Gasteiger partial charge in [-0.15, -0.1) is 0 Å². The fraction of sp³-hybridized carbons (Fsp3) is 0. The van der Waals surface area contributed by atoms with Crippen LogP contribution in [0.1, 0.15) is 0 Å². The molecule has 0 unspecified atom stereocenters. The summed E-state index contributed by atoms with van der Waals surface area (Å²) in [6, 6.07) is 80.6. The highest BCUT2D eigenvalue weighted by Gasteiger charge is 2.45. The lowest BCUT2D eigenvalue weighted by molar-refractivity contribution is 1.18. The average molecular weight is 762 g/mol. The van der Waals surface area contributed by atoms with Gasteiger partial charge >= 0.3 is 0 Å². The van der Waals surface area contributed by atoms with Gasteiger partial charge in [0.2, 0.25) is 0 Å². The Bertz CT molecular complexity index is 3350. The molecule has 0 spiro atoms. The fourth-order valence-corrected chi connectivity index (χ4v) is 10.4. The van der Waals surface area contributed by atoms with Crippen molar-refractivity contribution in [1.29, 1.82) is 0 Å². The summed E-state index contributed by atoms with van der Waals surface area (Å²) in [4.78, 5) is 5.05. The lowest BCUT2D eigenvalue weighted by atomic mass is 9.32. The second-order valence-electron chi connectivity index (χ2n) is 16.1. The molecule has 0 N–H and O–H groups in total. The Morgan fingerprint density at radius 3 is 1.32 bits per heavy atom. The van der Waals surface area contributed by atoms with Gasteiger partial charge in [-0.2, -0.15) is 0 Å². The Hall–Kier alpha value is -7.82. The van der Waals surface area contributed by atoms with Crippen LogP contribution in [0, 0.1) is 0 Å². The van der Waals surface area contributed by atoms with Gasteiger partial charge in [-0.05, 0) is 122 Å². The lowest BCUT2D eigenvalue weighted by Gasteiger charge is -2.45. The van der Waals surface area contributed by atoms with Crippen molar-refractivity contribution < 1.29 is 0 Å². The molecule has 0 saturated heterocycles. The van der Waals surface area contributed by atoms with Crippen molar-refractivity contribution in [3.63, 3.8) is 0 Å². The van der Waals surface area contributed by atoms with E-state index in [4.69, 9.17) is 0 Å². The van der Waals surface area contributed by atoms with Crippen LogP contribution in [0.15, 0.2) is 218 Å². The van der Waals surface area contributed by atoms with Gasteiger partial charge in [0.05, 0.1) is 11.0 Å². The third kappa shape index (κ3) is 4.73. The molecule has 3 nitrogen and oxygen atoms in total. The Labute approximate surface area is 348 Å². The molecule has 0 bridgehead atoms. The maximum Gasteiger partial charge on any atom is 0.253 e. The van der Waals surface area contributed by atoms with Crippen LogP contribution in [0.5, 0.6) is 0 Å². The average Bonchev–Trinajstić information content (AvgIpc) is 3.65. The largest absolute Gasteiger partial charge is 0.311 e. The van der Waals surface area contributed by atoms with E-state index in [9.17, 15) is 0 Å². The highest BCUT2D eigenvalue weighted by molar-refractivity contribution is 7.02. The number of benzene rings is 10. The summed E-state index contributed by atoms with van der Waals surface area (Å²) in [7, 11) is 0. The number of anilines is 6. The number of para-hydroxylation sites is 4. The summed E-state index contributed by atoms with van der Waals surface area (Å²) in [6.45, 7) is -0.0192. The van der Waals surface area contributed by atoms with Crippen molar-refractivity contribution in [2.45, 2.75) is 0 Å². The number of hydrogen-bond acceptors (Lipinski definition) is 2. The van der Waals surface area contributed by atoms with Gasteiger partial charge in [-0.3, -0.25) is 0 Å². The molecular weight excluding hydrogens is 725 g/mol. The molecule has 10 aromatic carbocycles. The van der Waals surface area contributed by atoms with E-state index in [0.29, 0.717) is 0 Å². The van der Waals surface area contributed by atoms with Crippen LogP contribution in [-0.2, 0) is 0 Å². The first-order valence-electron chi connectivity index (χ1n) is 20.8. The predicted octanol–water partition coefficient (Wildman–Crippen LogP) is 12.8. The molecule has 0 radical (unpaired) electrons. The summed E-state index contributed by atoms with van der Waals surface area (Å²) in [6.07, 6.45) is 0. The topological polar surface area (TPSA) is 11.4 Å². The number of rotatable bonds is 4. The van der Waals surface area contributed by atoms with Crippen LogP contribution in [-0.4, -0.2) is 11.3 Å². The Kier molecular flexibility index (Phi) is 7.10. The highest BCUT2D eigenvalue weighted by atomic mass is 15.2. The fourth-order valence-electron chi connectivity index (χ4n) is 10.4. The van der Waals surface area contributed by atoms with Gasteiger partial charge in [-0.1, -0.05) is 146 Å². The zero-order chi connectivity index (χ0) is 39.3. The van der Waals surface area contributed by atoms with Crippen molar-refractivity contribution in [1.82, 2.24) is 4.57 Å². The van der Waals surface area contributed by atoms with E-state index in [1.165, 1.54) is 93.6 Å². The first-order valence-corrected chi connectivity index (χ1v) is 20.8. The molecule has 11 aromatic rings. The second-order valence-corrected chi connectivity index (χ2v) is 16.1. The van der Waals surface area contributed by atoms with E-state index < -0.39 is 0 Å². The SMILES string of the molecule is c1ccc(N2c3cc(-c4ccc5c6ccccc6n(-c6ccccc6)c5c4)cc4c3B(c3c2ccc2ccccc32)c2c(ccc3ccccc23)N4c2ccccc2)cc1. The molecule has 1 aromatic heterocycles. The van der Waals surface area contributed by atoms with Crippen LogP contribution < -0.4 is 26.2 Å². The molecule has 60 heavy (non-hydrogen) atoms.